The summed E-state index contributed by atoms with van der Waals surface area (Å²) in [5, 5.41) is 3.13. The number of aliphatic imine (C=N–C) groups is 1. The summed E-state index contributed by atoms with van der Waals surface area (Å²) in [6.07, 6.45) is 1.80. The van der Waals surface area contributed by atoms with Gasteiger partial charge in [0.25, 0.3) is 0 Å². The summed E-state index contributed by atoms with van der Waals surface area (Å²) >= 11 is 0. The Hall–Kier alpha value is -1.02. The van der Waals surface area contributed by atoms with E-state index in [4.69, 9.17) is 15.2 Å². The highest BCUT2D eigenvalue weighted by molar-refractivity contribution is 14.0. The second-order valence-electron chi connectivity index (χ2n) is 5.84. The molecule has 0 aliphatic heterocycles. The van der Waals surface area contributed by atoms with Crippen LogP contribution in [-0.2, 0) is 11.2 Å². The van der Waals surface area contributed by atoms with Gasteiger partial charge in [-0.05, 0) is 43.4 Å². The molecule has 0 atom stereocenters. The van der Waals surface area contributed by atoms with E-state index in [0.717, 1.165) is 45.0 Å². The van der Waals surface area contributed by atoms with Gasteiger partial charge in [-0.15, -0.1) is 24.0 Å². The molecular formula is C18H32IN3O2. The zero-order valence-corrected chi connectivity index (χ0v) is 17.4. The summed E-state index contributed by atoms with van der Waals surface area (Å²) < 4.78 is 10.9. The third-order valence-electron chi connectivity index (χ3n) is 3.16. The molecule has 24 heavy (non-hydrogen) atoms. The zero-order chi connectivity index (χ0) is 16.9. The number of ether oxygens (including phenoxy) is 2. The first-order valence-electron chi connectivity index (χ1n) is 8.45. The molecule has 3 N–H and O–H groups in total. The van der Waals surface area contributed by atoms with Gasteiger partial charge >= 0.3 is 0 Å². The van der Waals surface area contributed by atoms with Crippen LogP contribution in [0.4, 0.5) is 0 Å². The highest BCUT2D eigenvalue weighted by Gasteiger charge is 1.99. The van der Waals surface area contributed by atoms with E-state index in [-0.39, 0.29) is 24.0 Å². The van der Waals surface area contributed by atoms with Gasteiger partial charge in [0.2, 0.25) is 0 Å². The Kier molecular flexibility index (Phi) is 13.7. The molecule has 1 aromatic carbocycles. The van der Waals surface area contributed by atoms with Crippen molar-refractivity contribution < 1.29 is 9.47 Å². The SMILES string of the molecule is CCOCCCN=C(N)NCCc1ccc(OCC(C)C)cc1.I. The number of hydrogen-bond donors (Lipinski definition) is 2. The zero-order valence-electron chi connectivity index (χ0n) is 15.1. The molecule has 5 nitrogen and oxygen atoms in total. The number of rotatable bonds is 11. The summed E-state index contributed by atoms with van der Waals surface area (Å²) in [5.74, 6) is 1.96. The van der Waals surface area contributed by atoms with Gasteiger partial charge in [-0.2, -0.15) is 0 Å². The Morgan fingerprint density at radius 1 is 1.25 bits per heavy atom. The molecule has 0 aliphatic rings. The van der Waals surface area contributed by atoms with Crippen LogP contribution < -0.4 is 15.8 Å². The second kappa shape index (κ2) is 14.3. The Labute approximate surface area is 163 Å². The van der Waals surface area contributed by atoms with Gasteiger partial charge in [-0.1, -0.05) is 26.0 Å². The Bertz CT molecular complexity index is 450. The van der Waals surface area contributed by atoms with Gasteiger partial charge in [0.1, 0.15) is 5.75 Å². The molecule has 0 aromatic heterocycles. The third-order valence-corrected chi connectivity index (χ3v) is 3.16. The number of nitrogens with zero attached hydrogens (tertiary/aromatic N) is 1. The summed E-state index contributed by atoms with van der Waals surface area (Å²) in [5.41, 5.74) is 7.07. The molecule has 0 heterocycles. The van der Waals surface area contributed by atoms with Crippen molar-refractivity contribution in [2.45, 2.75) is 33.6 Å². The Morgan fingerprint density at radius 2 is 1.96 bits per heavy atom. The van der Waals surface area contributed by atoms with E-state index in [0.29, 0.717) is 18.4 Å². The van der Waals surface area contributed by atoms with Crippen LogP contribution in [0.5, 0.6) is 5.75 Å². The van der Waals surface area contributed by atoms with Crippen LogP contribution in [0.15, 0.2) is 29.3 Å². The monoisotopic (exact) mass is 449 g/mol. The lowest BCUT2D eigenvalue weighted by Crippen LogP contribution is -2.33. The van der Waals surface area contributed by atoms with Crippen molar-refractivity contribution in [2.24, 2.45) is 16.6 Å². The predicted octanol–water partition coefficient (Wildman–Crippen LogP) is 3.21. The smallest absolute Gasteiger partial charge is 0.188 e. The van der Waals surface area contributed by atoms with Crippen molar-refractivity contribution in [3.8, 4) is 5.75 Å². The maximum Gasteiger partial charge on any atom is 0.188 e. The van der Waals surface area contributed by atoms with E-state index in [1.807, 2.05) is 19.1 Å². The standard InChI is InChI=1S/C18H31N3O2.HI/c1-4-22-13-5-11-20-18(19)21-12-10-16-6-8-17(9-7-16)23-14-15(2)3;/h6-9,15H,4-5,10-14H2,1-3H3,(H3,19,20,21);1H. The summed E-state index contributed by atoms with van der Waals surface area (Å²) in [6.45, 7) is 9.97. The lowest BCUT2D eigenvalue weighted by atomic mass is 10.1. The Morgan fingerprint density at radius 3 is 2.58 bits per heavy atom. The fraction of sp³-hybridized carbons (Fsp3) is 0.611. The number of nitrogens with one attached hydrogen (secondary N) is 1. The number of nitrogens with two attached hydrogens (primary N) is 1. The number of benzene rings is 1. The van der Waals surface area contributed by atoms with Gasteiger partial charge in [0.15, 0.2) is 5.96 Å². The molecule has 0 unspecified atom stereocenters. The number of guanidine groups is 1. The first kappa shape index (κ1) is 23.0. The first-order chi connectivity index (χ1) is 11.1. The molecular weight excluding hydrogens is 417 g/mol. The lowest BCUT2D eigenvalue weighted by Gasteiger charge is -2.09. The number of halogens is 1. The fourth-order valence-electron chi connectivity index (χ4n) is 1.92. The maximum absolute atomic E-state index is 5.82. The summed E-state index contributed by atoms with van der Waals surface area (Å²) in [7, 11) is 0. The van der Waals surface area contributed by atoms with Crippen molar-refractivity contribution in [1.82, 2.24) is 5.32 Å². The quantitative estimate of drug-likeness (QED) is 0.236. The molecule has 0 saturated carbocycles. The van der Waals surface area contributed by atoms with Gasteiger partial charge < -0.3 is 20.5 Å². The van der Waals surface area contributed by atoms with Gasteiger partial charge in [-0.3, -0.25) is 4.99 Å². The highest BCUT2D eigenvalue weighted by Crippen LogP contribution is 2.13. The van der Waals surface area contributed by atoms with Crippen LogP contribution in [0.25, 0.3) is 0 Å². The van der Waals surface area contributed by atoms with Gasteiger partial charge in [0.05, 0.1) is 6.61 Å². The highest BCUT2D eigenvalue weighted by atomic mass is 127. The molecule has 6 heteroatoms. The van der Waals surface area contributed by atoms with Crippen LogP contribution >= 0.6 is 24.0 Å². The van der Waals surface area contributed by atoms with Crippen LogP contribution in [-0.4, -0.2) is 38.9 Å². The van der Waals surface area contributed by atoms with Crippen molar-refractivity contribution in [3.05, 3.63) is 29.8 Å². The second-order valence-corrected chi connectivity index (χ2v) is 5.84. The van der Waals surface area contributed by atoms with E-state index >= 15 is 0 Å². The van der Waals surface area contributed by atoms with E-state index in [9.17, 15) is 0 Å². The van der Waals surface area contributed by atoms with Crippen LogP contribution in [0.2, 0.25) is 0 Å². The maximum atomic E-state index is 5.82. The molecule has 1 rings (SSSR count). The van der Waals surface area contributed by atoms with Crippen LogP contribution in [0, 0.1) is 5.92 Å². The van der Waals surface area contributed by atoms with Gasteiger partial charge in [0, 0.05) is 26.3 Å². The van der Waals surface area contributed by atoms with Crippen molar-refractivity contribution in [1.29, 1.82) is 0 Å². The van der Waals surface area contributed by atoms with E-state index in [1.165, 1.54) is 5.56 Å². The molecule has 0 radical (unpaired) electrons. The lowest BCUT2D eigenvalue weighted by molar-refractivity contribution is 0.146. The molecule has 0 spiro atoms. The van der Waals surface area contributed by atoms with Crippen molar-refractivity contribution in [3.63, 3.8) is 0 Å². The predicted molar refractivity (Wildman–Crippen MR) is 111 cm³/mol. The minimum atomic E-state index is 0. The van der Waals surface area contributed by atoms with Gasteiger partial charge in [-0.25, -0.2) is 0 Å². The van der Waals surface area contributed by atoms with Crippen molar-refractivity contribution >= 4 is 29.9 Å². The average molecular weight is 449 g/mol. The van der Waals surface area contributed by atoms with E-state index in [2.05, 4.69) is 36.3 Å². The van der Waals surface area contributed by atoms with E-state index < -0.39 is 0 Å². The van der Waals surface area contributed by atoms with Crippen LogP contribution in [0.3, 0.4) is 0 Å². The normalized spacial score (nSPS) is 11.2. The first-order valence-corrected chi connectivity index (χ1v) is 8.45. The molecule has 0 saturated heterocycles. The summed E-state index contributed by atoms with van der Waals surface area (Å²) in [6, 6.07) is 8.21. The number of hydrogen-bond acceptors (Lipinski definition) is 3. The third kappa shape index (κ3) is 11.5. The molecule has 138 valence electrons. The fourth-order valence-corrected chi connectivity index (χ4v) is 1.92. The molecule has 1 aromatic rings. The molecule has 0 aliphatic carbocycles. The summed E-state index contributed by atoms with van der Waals surface area (Å²) in [4.78, 5) is 4.27. The van der Waals surface area contributed by atoms with Crippen molar-refractivity contribution in [2.75, 3.05) is 32.9 Å². The Balaban J connectivity index is 0.00000529. The topological polar surface area (TPSA) is 68.9 Å². The molecule has 0 fully saturated rings. The minimum Gasteiger partial charge on any atom is -0.493 e. The van der Waals surface area contributed by atoms with Crippen LogP contribution in [0.1, 0.15) is 32.8 Å². The molecule has 0 bridgehead atoms. The van der Waals surface area contributed by atoms with E-state index in [1.54, 1.807) is 0 Å². The average Bonchev–Trinajstić information content (AvgIpc) is 2.54. The molecule has 0 amide bonds. The largest absolute Gasteiger partial charge is 0.493 e. The minimum absolute atomic E-state index is 0.